The third kappa shape index (κ3) is 42.7. The first kappa shape index (κ1) is 50.3. The third-order valence-electron chi connectivity index (χ3n) is 8.03. The first-order valence-electron chi connectivity index (χ1n) is 20.4. The van der Waals surface area contributed by atoms with Gasteiger partial charge in [-0.2, -0.15) is 0 Å². The van der Waals surface area contributed by atoms with Crippen molar-refractivity contribution in [1.82, 2.24) is 10.6 Å². The van der Waals surface area contributed by atoms with Gasteiger partial charge in [-0.25, -0.2) is 0 Å². The van der Waals surface area contributed by atoms with Crippen molar-refractivity contribution >= 4 is 17.7 Å². The molecule has 0 radical (unpaired) electrons. The van der Waals surface area contributed by atoms with Gasteiger partial charge in [-0.05, 0) is 53.6 Å². The molecule has 52 heavy (non-hydrogen) atoms. The van der Waals surface area contributed by atoms with Gasteiger partial charge >= 0.3 is 5.97 Å². The topological polar surface area (TPSA) is 140 Å². The van der Waals surface area contributed by atoms with Crippen molar-refractivity contribution in [3.05, 3.63) is 0 Å². The molecule has 0 aliphatic carbocycles. The van der Waals surface area contributed by atoms with Crippen LogP contribution in [0.25, 0.3) is 0 Å². The molecule has 0 aromatic carbocycles. The number of hydrogen-bond acceptors (Lipinski definition) is 11. The Morgan fingerprint density at radius 2 is 0.827 bits per heavy atom. The minimum atomic E-state index is -0.379. The Kier molecular flexibility index (Phi) is 37.8. The second-order valence-corrected chi connectivity index (χ2v) is 14.2. The van der Waals surface area contributed by atoms with Gasteiger partial charge in [-0.1, -0.05) is 77.0 Å². The van der Waals surface area contributed by atoms with Crippen molar-refractivity contribution in [3.63, 3.8) is 0 Å². The van der Waals surface area contributed by atoms with E-state index < -0.39 is 0 Å². The predicted molar refractivity (Wildman–Crippen MR) is 206 cm³/mol. The molecule has 0 aromatic rings. The number of rotatable bonds is 41. The number of amides is 1. The number of nitrogens with one attached hydrogen (secondary N) is 2. The molecule has 308 valence electrons. The number of Topliss-reactive ketones (excluding diaryl/α,β-unsaturated/α-hetero) is 1. The van der Waals surface area contributed by atoms with E-state index in [4.69, 9.17) is 33.2 Å². The summed E-state index contributed by atoms with van der Waals surface area (Å²) in [5.74, 6) is 0.140. The molecule has 0 aliphatic rings. The van der Waals surface area contributed by atoms with Gasteiger partial charge in [0.1, 0.15) is 12.2 Å². The summed E-state index contributed by atoms with van der Waals surface area (Å²) in [5, 5.41) is 5.94. The summed E-state index contributed by atoms with van der Waals surface area (Å²) in [4.78, 5) is 35.3. The maximum Gasteiger partial charge on any atom is 0.306 e. The molecule has 1 amide bonds. The Bertz CT molecular complexity index is 810. The molecular weight excluding hydrogens is 668 g/mol. The molecule has 0 spiro atoms. The van der Waals surface area contributed by atoms with Gasteiger partial charge in [0.15, 0.2) is 5.78 Å². The maximum absolute atomic E-state index is 12.0. The average Bonchev–Trinajstić information content (AvgIpc) is 3.10. The lowest BCUT2D eigenvalue weighted by atomic mass is 10.0. The molecule has 0 saturated carbocycles. The molecule has 2 N–H and O–H groups in total. The summed E-state index contributed by atoms with van der Waals surface area (Å²) < 4.78 is 38.1. The van der Waals surface area contributed by atoms with E-state index in [-0.39, 0.29) is 29.9 Å². The minimum absolute atomic E-state index is 0.0749. The highest BCUT2D eigenvalue weighted by atomic mass is 16.6. The zero-order valence-corrected chi connectivity index (χ0v) is 33.7. The Morgan fingerprint density at radius 1 is 0.442 bits per heavy atom. The number of carbonyl (C=O) groups excluding carboxylic acids is 3. The van der Waals surface area contributed by atoms with E-state index in [1.807, 2.05) is 27.8 Å². The highest BCUT2D eigenvalue weighted by molar-refractivity contribution is 5.79. The zero-order chi connectivity index (χ0) is 38.2. The molecular formula is C40H78N2O10. The van der Waals surface area contributed by atoms with Gasteiger partial charge < -0.3 is 43.8 Å². The van der Waals surface area contributed by atoms with Gasteiger partial charge in [0.2, 0.25) is 5.91 Å². The fraction of sp³-hybridized carbons (Fsp3) is 0.925. The van der Waals surface area contributed by atoms with Crippen LogP contribution in [0.15, 0.2) is 0 Å². The van der Waals surface area contributed by atoms with Crippen molar-refractivity contribution in [1.29, 1.82) is 0 Å². The van der Waals surface area contributed by atoms with Crippen LogP contribution in [0.3, 0.4) is 0 Å². The predicted octanol–water partition coefficient (Wildman–Crippen LogP) is 6.35. The van der Waals surface area contributed by atoms with E-state index in [0.29, 0.717) is 98.5 Å². The van der Waals surface area contributed by atoms with Gasteiger partial charge in [-0.3, -0.25) is 14.4 Å². The molecule has 0 aromatic heterocycles. The Hall–Kier alpha value is -1.67. The Morgan fingerprint density at radius 3 is 1.25 bits per heavy atom. The number of ketones is 1. The van der Waals surface area contributed by atoms with Crippen molar-refractivity contribution < 1.29 is 47.5 Å². The Balaban J connectivity index is 3.22. The molecule has 12 nitrogen and oxygen atoms in total. The summed E-state index contributed by atoms with van der Waals surface area (Å²) in [7, 11) is 1.87. The molecule has 0 aliphatic heterocycles. The van der Waals surface area contributed by atoms with Crippen LogP contribution in [0.5, 0.6) is 0 Å². The molecule has 0 atom stereocenters. The summed E-state index contributed by atoms with van der Waals surface area (Å²) in [5.41, 5.74) is -0.379. The number of hydrogen-bond donors (Lipinski definition) is 2. The number of esters is 1. The summed E-state index contributed by atoms with van der Waals surface area (Å²) in [6.07, 6.45) is 19.4. The molecule has 0 heterocycles. The lowest BCUT2D eigenvalue weighted by molar-refractivity contribution is -0.155. The Labute approximate surface area is 316 Å². The largest absolute Gasteiger partial charge is 0.460 e. The highest BCUT2D eigenvalue weighted by Gasteiger charge is 2.15. The van der Waals surface area contributed by atoms with Crippen molar-refractivity contribution in [3.8, 4) is 0 Å². The second kappa shape index (κ2) is 39.0. The number of ether oxygens (including phenoxy) is 7. The standard InChI is InChI=1S/C40H78N2O10/c1-40(2,3)52-39(45)22-18-16-14-12-10-8-6-5-7-9-11-13-15-17-21-38(44)42-24-25-46-26-27-47-28-29-48-30-31-49-32-33-50-34-35-51-36-37(43)20-19-23-41-4/h41H,5-36H2,1-4H3,(H,42,44). The van der Waals surface area contributed by atoms with Gasteiger partial charge in [0, 0.05) is 25.8 Å². The van der Waals surface area contributed by atoms with Crippen LogP contribution in [-0.4, -0.2) is 123 Å². The minimum Gasteiger partial charge on any atom is -0.460 e. The third-order valence-corrected chi connectivity index (χ3v) is 8.03. The van der Waals surface area contributed by atoms with Crippen LogP contribution in [0.4, 0.5) is 0 Å². The first-order chi connectivity index (χ1) is 25.2. The fourth-order valence-corrected chi connectivity index (χ4v) is 5.24. The molecule has 0 rings (SSSR count). The van der Waals surface area contributed by atoms with Gasteiger partial charge in [0.25, 0.3) is 0 Å². The zero-order valence-electron chi connectivity index (χ0n) is 33.7. The summed E-state index contributed by atoms with van der Waals surface area (Å²) in [6.45, 7) is 12.4. The van der Waals surface area contributed by atoms with E-state index in [9.17, 15) is 14.4 Å². The van der Waals surface area contributed by atoms with Crippen LogP contribution >= 0.6 is 0 Å². The fourth-order valence-electron chi connectivity index (χ4n) is 5.24. The van der Waals surface area contributed by atoms with Gasteiger partial charge in [0.05, 0.1) is 72.7 Å². The summed E-state index contributed by atoms with van der Waals surface area (Å²) >= 11 is 0. The van der Waals surface area contributed by atoms with E-state index in [2.05, 4.69) is 10.6 Å². The van der Waals surface area contributed by atoms with E-state index >= 15 is 0 Å². The molecule has 0 bridgehead atoms. The van der Waals surface area contributed by atoms with Crippen LogP contribution in [0, 0.1) is 0 Å². The maximum atomic E-state index is 12.0. The lowest BCUT2D eigenvalue weighted by Gasteiger charge is -2.19. The summed E-state index contributed by atoms with van der Waals surface area (Å²) in [6, 6.07) is 0. The number of carbonyl (C=O) groups is 3. The normalized spacial score (nSPS) is 11.6. The van der Waals surface area contributed by atoms with Crippen LogP contribution < -0.4 is 10.6 Å². The number of unbranched alkanes of at least 4 members (excludes halogenated alkanes) is 13. The van der Waals surface area contributed by atoms with Crippen LogP contribution in [0.1, 0.15) is 136 Å². The SMILES string of the molecule is CNCCCC(=O)COCCOCCOCCOCCOCCOCCNC(=O)CCCCCCCCCCCCCCCCC(=O)OC(C)(C)C. The molecule has 12 heteroatoms. The van der Waals surface area contributed by atoms with Crippen LogP contribution in [0.2, 0.25) is 0 Å². The van der Waals surface area contributed by atoms with Crippen LogP contribution in [-0.2, 0) is 47.5 Å². The monoisotopic (exact) mass is 747 g/mol. The van der Waals surface area contributed by atoms with E-state index in [0.717, 1.165) is 38.6 Å². The molecule has 0 unspecified atom stereocenters. The average molecular weight is 747 g/mol. The van der Waals surface area contributed by atoms with E-state index in [1.165, 1.54) is 64.2 Å². The van der Waals surface area contributed by atoms with E-state index in [1.54, 1.807) is 0 Å². The van der Waals surface area contributed by atoms with Crippen molar-refractivity contribution in [2.45, 2.75) is 142 Å². The quantitative estimate of drug-likeness (QED) is 0.0534. The molecule has 0 fully saturated rings. The van der Waals surface area contributed by atoms with Crippen molar-refractivity contribution in [2.24, 2.45) is 0 Å². The molecule has 0 saturated heterocycles. The van der Waals surface area contributed by atoms with Crippen molar-refractivity contribution in [2.75, 3.05) is 99.4 Å². The second-order valence-electron chi connectivity index (χ2n) is 14.2. The lowest BCUT2D eigenvalue weighted by Crippen LogP contribution is -2.27. The highest BCUT2D eigenvalue weighted by Crippen LogP contribution is 2.15. The van der Waals surface area contributed by atoms with Gasteiger partial charge in [-0.15, -0.1) is 0 Å². The first-order valence-corrected chi connectivity index (χ1v) is 20.4. The smallest absolute Gasteiger partial charge is 0.306 e.